The van der Waals surface area contributed by atoms with Gasteiger partial charge in [0.15, 0.2) is 11.5 Å². The Bertz CT molecular complexity index is 1320. The minimum atomic E-state index is -0.286. The van der Waals surface area contributed by atoms with Gasteiger partial charge in [-0.25, -0.2) is 0 Å². The minimum Gasteiger partial charge on any atom is -0.493 e. The van der Waals surface area contributed by atoms with Gasteiger partial charge >= 0.3 is 0 Å². The molecule has 5 rings (SSSR count). The smallest absolute Gasteiger partial charge is 0.292 e. The van der Waals surface area contributed by atoms with Crippen molar-refractivity contribution in [2.45, 2.75) is 38.8 Å². The van der Waals surface area contributed by atoms with Crippen molar-refractivity contribution in [3.63, 3.8) is 0 Å². The Labute approximate surface area is 213 Å². The highest BCUT2D eigenvalue weighted by atomic mass is 79.9. The van der Waals surface area contributed by atoms with Crippen LogP contribution in [0.1, 0.15) is 46.2 Å². The lowest BCUT2D eigenvalue weighted by Gasteiger charge is -2.38. The zero-order chi connectivity index (χ0) is 24.7. The molecule has 1 aliphatic heterocycles. The van der Waals surface area contributed by atoms with Gasteiger partial charge in [-0.3, -0.25) is 10.1 Å². The molecule has 0 fully saturated rings. The third-order valence-electron chi connectivity index (χ3n) is 7.18. The predicted molar refractivity (Wildman–Crippen MR) is 140 cm³/mol. The number of nitro groups is 1. The molecular weight excluding hydrogens is 508 g/mol. The second-order valence-corrected chi connectivity index (χ2v) is 10.0. The predicted octanol–water partition coefficient (Wildman–Crippen LogP) is 7.39. The Morgan fingerprint density at radius 1 is 1.17 bits per heavy atom. The number of methoxy groups -OCH3 is 1. The van der Waals surface area contributed by atoms with Gasteiger partial charge in [-0.15, -0.1) is 0 Å². The van der Waals surface area contributed by atoms with E-state index >= 15 is 0 Å². The number of nitrogens with one attached hydrogen (secondary N) is 1. The Morgan fingerprint density at radius 3 is 2.66 bits per heavy atom. The Morgan fingerprint density at radius 2 is 1.94 bits per heavy atom. The van der Waals surface area contributed by atoms with Crippen molar-refractivity contribution in [1.29, 1.82) is 0 Å². The normalized spacial score (nSPS) is 20.1. The van der Waals surface area contributed by atoms with Crippen molar-refractivity contribution in [2.24, 2.45) is 5.92 Å². The number of allylic oxidation sites excluding steroid dienone is 2. The zero-order valence-electron chi connectivity index (χ0n) is 19.9. The molecule has 1 heterocycles. The summed E-state index contributed by atoms with van der Waals surface area (Å²) in [4.78, 5) is 11.7. The Kier molecular flexibility index (Phi) is 6.28. The van der Waals surface area contributed by atoms with E-state index in [1.54, 1.807) is 13.2 Å². The summed E-state index contributed by atoms with van der Waals surface area (Å²) >= 11 is 3.69. The van der Waals surface area contributed by atoms with Crippen molar-refractivity contribution in [3.05, 3.63) is 103 Å². The van der Waals surface area contributed by atoms with Gasteiger partial charge in [0, 0.05) is 12.0 Å². The molecule has 0 spiro atoms. The standard InChI is InChI=1S/C28H27BrN2O4/c1-16-12-23(31(32)33)27-25(17(16)2)20-10-7-11-21(20)26(30-27)19-13-22(29)28(24(14-19)34-3)35-15-18-8-5-4-6-9-18/h4-10,12-14,20-21,26,30H,11,15H2,1-3H3/t20-,21+,26+/m1/s1. The van der Waals surface area contributed by atoms with E-state index in [4.69, 9.17) is 9.47 Å². The SMILES string of the molecule is COc1cc([C@@H]2Nc3c([N+](=O)[O-])cc(C)c(C)c3[C@@H]3C=CC[C@@H]32)cc(Br)c1OCc1ccccc1. The van der Waals surface area contributed by atoms with E-state index in [1.807, 2.05) is 49.4 Å². The summed E-state index contributed by atoms with van der Waals surface area (Å²) in [6.07, 6.45) is 5.29. The molecule has 2 aliphatic rings. The molecule has 0 unspecified atom stereocenters. The fourth-order valence-corrected chi connectivity index (χ4v) is 5.92. The third-order valence-corrected chi connectivity index (χ3v) is 7.77. The van der Waals surface area contributed by atoms with E-state index in [1.165, 1.54) is 0 Å². The van der Waals surface area contributed by atoms with Gasteiger partial charge in [0.25, 0.3) is 5.69 Å². The third kappa shape index (κ3) is 4.18. The molecular formula is C28H27BrN2O4. The second-order valence-electron chi connectivity index (χ2n) is 9.17. The molecule has 7 heteroatoms. The molecule has 0 saturated carbocycles. The molecule has 1 N–H and O–H groups in total. The second kappa shape index (κ2) is 9.38. The van der Waals surface area contributed by atoms with Gasteiger partial charge in [-0.2, -0.15) is 0 Å². The summed E-state index contributed by atoms with van der Waals surface area (Å²) in [5, 5.41) is 15.5. The van der Waals surface area contributed by atoms with Gasteiger partial charge in [-0.05, 0) is 82.1 Å². The van der Waals surface area contributed by atoms with Crippen LogP contribution in [0.3, 0.4) is 0 Å². The number of halogens is 1. The lowest BCUT2D eigenvalue weighted by atomic mass is 9.74. The molecule has 3 atom stereocenters. The van der Waals surface area contributed by atoms with E-state index in [0.717, 1.165) is 38.7 Å². The van der Waals surface area contributed by atoms with Crippen molar-refractivity contribution in [1.82, 2.24) is 0 Å². The average molecular weight is 535 g/mol. The first-order chi connectivity index (χ1) is 16.9. The van der Waals surface area contributed by atoms with Crippen LogP contribution in [0.15, 0.2) is 65.2 Å². The first kappa shape index (κ1) is 23.4. The summed E-state index contributed by atoms with van der Waals surface area (Å²) in [7, 11) is 1.63. The molecule has 0 aromatic heterocycles. The highest BCUT2D eigenvalue weighted by Gasteiger charge is 2.42. The van der Waals surface area contributed by atoms with Gasteiger partial charge in [0.2, 0.25) is 0 Å². The minimum absolute atomic E-state index is 0.114. The van der Waals surface area contributed by atoms with E-state index in [-0.39, 0.29) is 28.5 Å². The van der Waals surface area contributed by atoms with Crippen LogP contribution in [-0.4, -0.2) is 12.0 Å². The van der Waals surface area contributed by atoms with Crippen LogP contribution in [0.2, 0.25) is 0 Å². The van der Waals surface area contributed by atoms with Crippen molar-refractivity contribution >= 4 is 27.3 Å². The molecule has 1 aliphatic carbocycles. The van der Waals surface area contributed by atoms with Crippen LogP contribution in [0, 0.1) is 29.9 Å². The highest BCUT2D eigenvalue weighted by Crippen LogP contribution is 2.54. The van der Waals surface area contributed by atoms with Crippen molar-refractivity contribution in [2.75, 3.05) is 12.4 Å². The highest BCUT2D eigenvalue weighted by molar-refractivity contribution is 9.10. The summed E-state index contributed by atoms with van der Waals surface area (Å²) in [5.41, 5.74) is 5.91. The van der Waals surface area contributed by atoms with E-state index in [2.05, 4.69) is 40.3 Å². The summed E-state index contributed by atoms with van der Waals surface area (Å²) in [5.74, 6) is 1.62. The number of hydrogen-bond donors (Lipinski definition) is 1. The lowest BCUT2D eigenvalue weighted by Crippen LogP contribution is -2.30. The maximum atomic E-state index is 12.0. The summed E-state index contributed by atoms with van der Waals surface area (Å²) < 4.78 is 12.6. The first-order valence-electron chi connectivity index (χ1n) is 11.6. The lowest BCUT2D eigenvalue weighted by molar-refractivity contribution is -0.384. The number of nitro benzene ring substituents is 1. The molecule has 35 heavy (non-hydrogen) atoms. The molecule has 0 amide bonds. The molecule has 3 aromatic rings. The average Bonchev–Trinajstić information content (AvgIpc) is 3.34. The van der Waals surface area contributed by atoms with Gasteiger partial charge in [-0.1, -0.05) is 42.5 Å². The fourth-order valence-electron chi connectivity index (χ4n) is 5.34. The Balaban J connectivity index is 1.54. The monoisotopic (exact) mass is 534 g/mol. The maximum absolute atomic E-state index is 12.0. The summed E-state index contributed by atoms with van der Waals surface area (Å²) in [6.45, 7) is 4.42. The number of rotatable bonds is 6. The molecule has 3 aromatic carbocycles. The number of aryl methyl sites for hydroxylation is 1. The quantitative estimate of drug-likeness (QED) is 0.202. The maximum Gasteiger partial charge on any atom is 0.292 e. The topological polar surface area (TPSA) is 73.6 Å². The Hall–Kier alpha value is -3.32. The van der Waals surface area contributed by atoms with Crippen LogP contribution in [0.25, 0.3) is 0 Å². The van der Waals surface area contributed by atoms with Crippen molar-refractivity contribution in [3.8, 4) is 11.5 Å². The summed E-state index contributed by atoms with van der Waals surface area (Å²) in [6, 6.07) is 15.5. The fraction of sp³-hybridized carbons (Fsp3) is 0.286. The number of ether oxygens (including phenoxy) is 2. The molecule has 0 radical (unpaired) electrons. The van der Waals surface area contributed by atoms with E-state index in [9.17, 15) is 10.1 Å². The largest absolute Gasteiger partial charge is 0.493 e. The number of benzene rings is 3. The molecule has 6 nitrogen and oxygen atoms in total. The number of anilines is 1. The molecule has 0 saturated heterocycles. The van der Waals surface area contributed by atoms with Crippen LogP contribution in [0.5, 0.6) is 11.5 Å². The molecule has 180 valence electrons. The van der Waals surface area contributed by atoms with Crippen molar-refractivity contribution < 1.29 is 14.4 Å². The molecule has 0 bridgehead atoms. The number of fused-ring (bicyclic) bond motifs is 3. The van der Waals surface area contributed by atoms with Crippen LogP contribution in [0.4, 0.5) is 11.4 Å². The van der Waals surface area contributed by atoms with Crippen LogP contribution >= 0.6 is 15.9 Å². The van der Waals surface area contributed by atoms with Gasteiger partial charge < -0.3 is 14.8 Å². The van der Waals surface area contributed by atoms with E-state index < -0.39 is 0 Å². The van der Waals surface area contributed by atoms with Crippen LogP contribution in [-0.2, 0) is 6.61 Å². The van der Waals surface area contributed by atoms with Crippen LogP contribution < -0.4 is 14.8 Å². The van der Waals surface area contributed by atoms with E-state index in [0.29, 0.717) is 23.8 Å². The first-order valence-corrected chi connectivity index (χ1v) is 12.4. The number of hydrogen-bond acceptors (Lipinski definition) is 5. The van der Waals surface area contributed by atoms with Gasteiger partial charge in [0.1, 0.15) is 12.3 Å². The zero-order valence-corrected chi connectivity index (χ0v) is 21.5. The van der Waals surface area contributed by atoms with Gasteiger partial charge in [0.05, 0.1) is 22.5 Å². The number of nitrogens with zero attached hydrogens (tertiary/aromatic N) is 1.